The van der Waals surface area contributed by atoms with Crippen molar-refractivity contribution < 1.29 is 17.4 Å². The average molecular weight is 314 g/mol. The Hall–Kier alpha value is -1.71. The summed E-state index contributed by atoms with van der Waals surface area (Å²) in [5, 5.41) is 6.59. The molecule has 21 heavy (non-hydrogen) atoms. The van der Waals surface area contributed by atoms with Crippen LogP contribution in [-0.2, 0) is 23.1 Å². The van der Waals surface area contributed by atoms with Crippen molar-refractivity contribution in [2.75, 3.05) is 6.54 Å². The van der Waals surface area contributed by atoms with E-state index in [1.165, 1.54) is 6.07 Å². The van der Waals surface area contributed by atoms with E-state index in [4.69, 9.17) is 8.94 Å². The molecular formula is C12H18N4O4S. The van der Waals surface area contributed by atoms with Crippen molar-refractivity contribution in [3.05, 3.63) is 29.6 Å². The third-order valence-electron chi connectivity index (χ3n) is 2.61. The van der Waals surface area contributed by atoms with E-state index in [2.05, 4.69) is 20.2 Å². The molecule has 0 radical (unpaired) electrons. The lowest BCUT2D eigenvalue weighted by atomic mass is 10.4. The molecule has 2 rings (SSSR count). The SMILES string of the molecule is CCCNCc1ccc(S(=O)(=O)NCc2nc(C)no2)o1. The molecule has 0 aliphatic rings. The first kappa shape index (κ1) is 15.7. The van der Waals surface area contributed by atoms with Crippen LogP contribution in [0.2, 0.25) is 0 Å². The van der Waals surface area contributed by atoms with Gasteiger partial charge in [-0.3, -0.25) is 0 Å². The lowest BCUT2D eigenvalue weighted by molar-refractivity contribution is 0.369. The molecule has 2 N–H and O–H groups in total. The van der Waals surface area contributed by atoms with Crippen molar-refractivity contribution in [1.29, 1.82) is 0 Å². The highest BCUT2D eigenvalue weighted by molar-refractivity contribution is 7.89. The number of rotatable bonds is 8. The Morgan fingerprint density at radius 3 is 2.76 bits per heavy atom. The van der Waals surface area contributed by atoms with Crippen molar-refractivity contribution in [1.82, 2.24) is 20.2 Å². The van der Waals surface area contributed by atoms with E-state index in [1.54, 1.807) is 13.0 Å². The molecule has 0 saturated carbocycles. The molecule has 2 aromatic rings. The topological polar surface area (TPSA) is 110 Å². The van der Waals surface area contributed by atoms with Crippen LogP contribution in [0.1, 0.15) is 30.8 Å². The van der Waals surface area contributed by atoms with Gasteiger partial charge in [0.25, 0.3) is 10.0 Å². The number of aryl methyl sites for hydroxylation is 1. The Morgan fingerprint density at radius 1 is 1.29 bits per heavy atom. The summed E-state index contributed by atoms with van der Waals surface area (Å²) < 4.78 is 36.6. The fourth-order valence-electron chi connectivity index (χ4n) is 1.63. The van der Waals surface area contributed by atoms with Gasteiger partial charge in [0.15, 0.2) is 5.82 Å². The summed E-state index contributed by atoms with van der Waals surface area (Å²) in [5.74, 6) is 1.22. The quantitative estimate of drug-likeness (QED) is 0.698. The van der Waals surface area contributed by atoms with Gasteiger partial charge in [-0.25, -0.2) is 8.42 Å². The number of furan rings is 1. The fraction of sp³-hybridized carbons (Fsp3) is 0.500. The zero-order valence-electron chi connectivity index (χ0n) is 11.9. The maximum absolute atomic E-state index is 12.0. The van der Waals surface area contributed by atoms with E-state index in [1.807, 2.05) is 6.92 Å². The lowest BCUT2D eigenvalue weighted by Crippen LogP contribution is -2.23. The van der Waals surface area contributed by atoms with Gasteiger partial charge in [0.05, 0.1) is 13.1 Å². The lowest BCUT2D eigenvalue weighted by Gasteiger charge is -2.02. The third-order valence-corrected chi connectivity index (χ3v) is 3.88. The van der Waals surface area contributed by atoms with E-state index in [9.17, 15) is 8.42 Å². The van der Waals surface area contributed by atoms with Gasteiger partial charge < -0.3 is 14.3 Å². The normalized spacial score (nSPS) is 11.9. The molecular weight excluding hydrogens is 296 g/mol. The first-order chi connectivity index (χ1) is 10.0. The second kappa shape index (κ2) is 6.83. The Kier molecular flexibility index (Phi) is 5.10. The van der Waals surface area contributed by atoms with Crippen molar-refractivity contribution in [3.8, 4) is 0 Å². The average Bonchev–Trinajstić information content (AvgIpc) is 3.06. The highest BCUT2D eigenvalue weighted by atomic mass is 32.2. The number of aromatic nitrogens is 2. The minimum Gasteiger partial charge on any atom is -0.447 e. The maximum Gasteiger partial charge on any atom is 0.274 e. The Labute approximate surface area is 123 Å². The molecule has 8 nitrogen and oxygen atoms in total. The van der Waals surface area contributed by atoms with Crippen molar-refractivity contribution in [2.24, 2.45) is 0 Å². The van der Waals surface area contributed by atoms with Crippen molar-refractivity contribution >= 4 is 10.0 Å². The van der Waals surface area contributed by atoms with Crippen LogP contribution in [0.25, 0.3) is 0 Å². The highest BCUT2D eigenvalue weighted by Crippen LogP contribution is 2.14. The summed E-state index contributed by atoms with van der Waals surface area (Å²) in [6.07, 6.45) is 0.997. The van der Waals surface area contributed by atoms with Crippen LogP contribution in [0.5, 0.6) is 0 Å². The monoisotopic (exact) mass is 314 g/mol. The first-order valence-electron chi connectivity index (χ1n) is 6.59. The molecule has 0 fully saturated rings. The van der Waals surface area contributed by atoms with Crippen LogP contribution in [0.3, 0.4) is 0 Å². The minimum absolute atomic E-state index is 0.0761. The molecule has 0 aliphatic heterocycles. The van der Waals surface area contributed by atoms with Gasteiger partial charge in [0, 0.05) is 0 Å². The molecule has 0 saturated heterocycles. The van der Waals surface area contributed by atoms with Gasteiger partial charge in [-0.1, -0.05) is 12.1 Å². The second-order valence-corrected chi connectivity index (χ2v) is 6.16. The van der Waals surface area contributed by atoms with E-state index < -0.39 is 10.0 Å². The van der Waals surface area contributed by atoms with Crippen LogP contribution in [-0.4, -0.2) is 25.1 Å². The molecule has 0 amide bonds. The van der Waals surface area contributed by atoms with E-state index >= 15 is 0 Å². The largest absolute Gasteiger partial charge is 0.447 e. The highest BCUT2D eigenvalue weighted by Gasteiger charge is 2.19. The minimum atomic E-state index is -3.73. The van der Waals surface area contributed by atoms with Crippen LogP contribution < -0.4 is 10.0 Å². The summed E-state index contributed by atoms with van der Waals surface area (Å²) in [6, 6.07) is 3.05. The molecule has 0 unspecified atom stereocenters. The summed E-state index contributed by atoms with van der Waals surface area (Å²) >= 11 is 0. The zero-order chi connectivity index (χ0) is 15.3. The predicted molar refractivity (Wildman–Crippen MR) is 73.8 cm³/mol. The van der Waals surface area contributed by atoms with E-state index in [0.717, 1.165) is 13.0 Å². The second-order valence-electron chi connectivity index (χ2n) is 4.46. The zero-order valence-corrected chi connectivity index (χ0v) is 12.7. The van der Waals surface area contributed by atoms with Gasteiger partial charge in [-0.05, 0) is 32.0 Å². The van der Waals surface area contributed by atoms with Crippen molar-refractivity contribution in [2.45, 2.75) is 38.5 Å². The third kappa shape index (κ3) is 4.38. The Morgan fingerprint density at radius 2 is 2.10 bits per heavy atom. The molecule has 0 spiro atoms. The van der Waals surface area contributed by atoms with E-state index in [-0.39, 0.29) is 17.5 Å². The number of hydrogen-bond acceptors (Lipinski definition) is 7. The van der Waals surface area contributed by atoms with Gasteiger partial charge in [-0.2, -0.15) is 9.71 Å². The Balaban J connectivity index is 1.95. The number of nitrogens with one attached hydrogen (secondary N) is 2. The van der Waals surface area contributed by atoms with E-state index in [0.29, 0.717) is 18.1 Å². The van der Waals surface area contributed by atoms with Crippen LogP contribution in [0, 0.1) is 6.92 Å². The Bertz CT molecular complexity index is 677. The van der Waals surface area contributed by atoms with Gasteiger partial charge >= 0.3 is 0 Å². The smallest absolute Gasteiger partial charge is 0.274 e. The first-order valence-corrected chi connectivity index (χ1v) is 8.08. The van der Waals surface area contributed by atoms with Crippen LogP contribution in [0.15, 0.2) is 26.2 Å². The van der Waals surface area contributed by atoms with Gasteiger partial charge in [0.1, 0.15) is 5.76 Å². The standard InChI is InChI=1S/C12H18N4O4S/c1-3-6-13-7-10-4-5-12(19-10)21(17,18)14-8-11-15-9(2)16-20-11/h4-5,13-14H,3,6-8H2,1-2H3. The maximum atomic E-state index is 12.0. The number of sulfonamides is 1. The molecule has 0 bridgehead atoms. The summed E-state index contributed by atoms with van der Waals surface area (Å²) in [5.41, 5.74) is 0. The number of hydrogen-bond donors (Lipinski definition) is 2. The molecule has 2 aromatic heterocycles. The fourth-order valence-corrected chi connectivity index (χ4v) is 2.55. The van der Waals surface area contributed by atoms with Crippen LogP contribution >= 0.6 is 0 Å². The van der Waals surface area contributed by atoms with Gasteiger partial charge in [-0.15, -0.1) is 0 Å². The summed E-state index contributed by atoms with van der Waals surface area (Å²) in [4.78, 5) is 3.92. The molecule has 0 aromatic carbocycles. The molecule has 0 atom stereocenters. The molecule has 116 valence electrons. The summed E-state index contributed by atoms with van der Waals surface area (Å²) in [6.45, 7) is 4.97. The molecule has 2 heterocycles. The van der Waals surface area contributed by atoms with Gasteiger partial charge in [0.2, 0.25) is 11.0 Å². The van der Waals surface area contributed by atoms with Crippen molar-refractivity contribution in [3.63, 3.8) is 0 Å². The number of nitrogens with zero attached hydrogens (tertiary/aromatic N) is 2. The molecule has 0 aliphatic carbocycles. The molecule has 9 heteroatoms. The summed E-state index contributed by atoms with van der Waals surface area (Å²) in [7, 11) is -3.73. The predicted octanol–water partition coefficient (Wildman–Crippen LogP) is 0.949. The van der Waals surface area contributed by atoms with Crippen LogP contribution in [0.4, 0.5) is 0 Å².